The Morgan fingerprint density at radius 3 is 2.59 bits per heavy atom. The SMILES string of the molecule is CN(C(=O)c1nn(-c2ccc(F)cc2)c2c1CCCC2)C1CCS(=O)(=O)C1. The molecule has 2 aromatic rings. The van der Waals surface area contributed by atoms with Crippen molar-refractivity contribution in [3.05, 3.63) is 47.0 Å². The minimum absolute atomic E-state index is 0.0100. The number of benzene rings is 1. The molecule has 2 aliphatic rings. The molecule has 0 bridgehead atoms. The van der Waals surface area contributed by atoms with Crippen LogP contribution in [0.3, 0.4) is 0 Å². The molecule has 1 atom stereocenters. The topological polar surface area (TPSA) is 72.3 Å². The summed E-state index contributed by atoms with van der Waals surface area (Å²) in [6.45, 7) is 0. The Labute approximate surface area is 157 Å². The first-order valence-corrected chi connectivity index (χ1v) is 11.0. The molecule has 4 rings (SSSR count). The van der Waals surface area contributed by atoms with Gasteiger partial charge in [-0.2, -0.15) is 5.10 Å². The van der Waals surface area contributed by atoms with Crippen molar-refractivity contribution in [1.82, 2.24) is 14.7 Å². The molecule has 1 aliphatic heterocycles. The minimum Gasteiger partial charge on any atom is -0.336 e. The van der Waals surface area contributed by atoms with E-state index in [0.717, 1.165) is 42.6 Å². The summed E-state index contributed by atoms with van der Waals surface area (Å²) in [7, 11) is -1.42. The fourth-order valence-electron chi connectivity index (χ4n) is 3.98. The highest BCUT2D eigenvalue weighted by Crippen LogP contribution is 2.29. The Kier molecular flexibility index (Phi) is 4.53. The first kappa shape index (κ1) is 18.2. The van der Waals surface area contributed by atoms with Crippen molar-refractivity contribution < 1.29 is 17.6 Å². The van der Waals surface area contributed by atoms with E-state index >= 15 is 0 Å². The van der Waals surface area contributed by atoms with Crippen LogP contribution in [0.4, 0.5) is 4.39 Å². The molecule has 0 N–H and O–H groups in total. The van der Waals surface area contributed by atoms with Crippen molar-refractivity contribution >= 4 is 15.7 Å². The van der Waals surface area contributed by atoms with Gasteiger partial charge in [-0.3, -0.25) is 4.79 Å². The number of fused-ring (bicyclic) bond motifs is 1. The zero-order valence-corrected chi connectivity index (χ0v) is 16.0. The lowest BCUT2D eigenvalue weighted by Crippen LogP contribution is -2.38. The predicted octanol–water partition coefficient (Wildman–Crippen LogP) is 2.15. The number of hydrogen-bond donors (Lipinski definition) is 0. The van der Waals surface area contributed by atoms with Crippen molar-refractivity contribution in [1.29, 1.82) is 0 Å². The van der Waals surface area contributed by atoms with Crippen LogP contribution in [-0.2, 0) is 22.7 Å². The van der Waals surface area contributed by atoms with Gasteiger partial charge in [0.05, 0.1) is 17.2 Å². The number of sulfone groups is 1. The molecular formula is C19H22FN3O3S. The smallest absolute Gasteiger partial charge is 0.274 e. The molecular weight excluding hydrogens is 369 g/mol. The lowest BCUT2D eigenvalue weighted by molar-refractivity contribution is 0.0740. The summed E-state index contributed by atoms with van der Waals surface area (Å²) < 4.78 is 38.5. The van der Waals surface area contributed by atoms with Crippen LogP contribution in [-0.4, -0.2) is 53.6 Å². The van der Waals surface area contributed by atoms with Gasteiger partial charge in [0.1, 0.15) is 5.82 Å². The van der Waals surface area contributed by atoms with E-state index in [1.165, 1.54) is 17.0 Å². The van der Waals surface area contributed by atoms with Gasteiger partial charge in [-0.1, -0.05) is 0 Å². The monoisotopic (exact) mass is 391 g/mol. The van der Waals surface area contributed by atoms with Crippen molar-refractivity contribution in [2.75, 3.05) is 18.6 Å². The highest BCUT2D eigenvalue weighted by atomic mass is 32.2. The zero-order chi connectivity index (χ0) is 19.2. The number of nitrogens with zero attached hydrogens (tertiary/aromatic N) is 3. The summed E-state index contributed by atoms with van der Waals surface area (Å²) in [5.74, 6) is -0.428. The average Bonchev–Trinajstić information content (AvgIpc) is 3.22. The van der Waals surface area contributed by atoms with Crippen LogP contribution in [0.15, 0.2) is 24.3 Å². The summed E-state index contributed by atoms with van der Waals surface area (Å²) >= 11 is 0. The number of rotatable bonds is 3. The predicted molar refractivity (Wildman–Crippen MR) is 99.3 cm³/mol. The largest absolute Gasteiger partial charge is 0.336 e. The number of halogens is 1. The zero-order valence-electron chi connectivity index (χ0n) is 15.2. The molecule has 1 amide bonds. The second-order valence-electron chi connectivity index (χ2n) is 7.34. The number of carbonyl (C=O) groups is 1. The Balaban J connectivity index is 1.70. The highest BCUT2D eigenvalue weighted by Gasteiger charge is 2.35. The van der Waals surface area contributed by atoms with E-state index in [1.54, 1.807) is 23.9 Å². The molecule has 1 aromatic heterocycles. The Morgan fingerprint density at radius 1 is 1.22 bits per heavy atom. The fraction of sp³-hybridized carbons (Fsp3) is 0.474. The van der Waals surface area contributed by atoms with Crippen LogP contribution in [0.1, 0.15) is 41.0 Å². The fourth-order valence-corrected chi connectivity index (χ4v) is 5.75. The lowest BCUT2D eigenvalue weighted by atomic mass is 9.95. The number of aromatic nitrogens is 2. The molecule has 27 heavy (non-hydrogen) atoms. The van der Waals surface area contributed by atoms with Crippen LogP contribution in [0.2, 0.25) is 0 Å². The maximum Gasteiger partial charge on any atom is 0.274 e. The molecule has 0 spiro atoms. The second-order valence-corrected chi connectivity index (χ2v) is 9.57. The van der Waals surface area contributed by atoms with E-state index in [-0.39, 0.29) is 29.3 Å². The summed E-state index contributed by atoms with van der Waals surface area (Å²) in [4.78, 5) is 14.6. The van der Waals surface area contributed by atoms with Crippen LogP contribution >= 0.6 is 0 Å². The van der Waals surface area contributed by atoms with E-state index in [2.05, 4.69) is 5.10 Å². The normalized spacial score (nSPS) is 21.0. The third-order valence-corrected chi connectivity index (χ3v) is 7.28. The molecule has 6 nitrogen and oxygen atoms in total. The molecule has 1 unspecified atom stereocenters. The lowest BCUT2D eigenvalue weighted by Gasteiger charge is -2.23. The van der Waals surface area contributed by atoms with Gasteiger partial charge < -0.3 is 4.90 Å². The molecule has 8 heteroatoms. The maximum absolute atomic E-state index is 13.3. The summed E-state index contributed by atoms with van der Waals surface area (Å²) in [5.41, 5.74) is 3.03. The number of hydrogen-bond acceptors (Lipinski definition) is 4. The highest BCUT2D eigenvalue weighted by molar-refractivity contribution is 7.91. The molecule has 1 aliphatic carbocycles. The van der Waals surface area contributed by atoms with Gasteiger partial charge in [-0.05, 0) is 56.4 Å². The van der Waals surface area contributed by atoms with E-state index in [4.69, 9.17) is 0 Å². The summed E-state index contributed by atoms with van der Waals surface area (Å²) in [5, 5.41) is 4.57. The number of carbonyl (C=O) groups excluding carboxylic acids is 1. The summed E-state index contributed by atoms with van der Waals surface area (Å²) in [6, 6.07) is 5.75. The second kappa shape index (κ2) is 6.74. The van der Waals surface area contributed by atoms with Crippen molar-refractivity contribution in [3.63, 3.8) is 0 Å². The van der Waals surface area contributed by atoms with Crippen LogP contribution in [0.5, 0.6) is 0 Å². The van der Waals surface area contributed by atoms with Gasteiger partial charge in [0.15, 0.2) is 15.5 Å². The summed E-state index contributed by atoms with van der Waals surface area (Å²) in [6.07, 6.45) is 4.06. The standard InChI is InChI=1S/C19H22FN3O3S/c1-22(15-10-11-27(25,26)12-15)19(24)18-16-4-2-3-5-17(16)23(21-18)14-8-6-13(20)7-9-14/h6-9,15H,2-5,10-12H2,1H3. The Hall–Kier alpha value is -2.22. The van der Waals surface area contributed by atoms with Crippen LogP contribution < -0.4 is 0 Å². The van der Waals surface area contributed by atoms with Gasteiger partial charge in [-0.15, -0.1) is 0 Å². The van der Waals surface area contributed by atoms with Gasteiger partial charge in [0.25, 0.3) is 5.91 Å². The average molecular weight is 391 g/mol. The number of amides is 1. The van der Waals surface area contributed by atoms with Gasteiger partial charge in [-0.25, -0.2) is 17.5 Å². The van der Waals surface area contributed by atoms with E-state index < -0.39 is 9.84 Å². The minimum atomic E-state index is -3.07. The molecule has 2 heterocycles. The molecule has 1 aromatic carbocycles. The van der Waals surface area contributed by atoms with E-state index in [1.807, 2.05) is 0 Å². The van der Waals surface area contributed by atoms with Gasteiger partial charge in [0.2, 0.25) is 0 Å². The van der Waals surface area contributed by atoms with Crippen molar-refractivity contribution in [2.45, 2.75) is 38.1 Å². The molecule has 0 radical (unpaired) electrons. The van der Waals surface area contributed by atoms with Crippen molar-refractivity contribution in [2.24, 2.45) is 0 Å². The molecule has 1 saturated heterocycles. The third kappa shape index (κ3) is 3.38. The maximum atomic E-state index is 13.3. The van der Waals surface area contributed by atoms with Crippen LogP contribution in [0, 0.1) is 5.82 Å². The Bertz CT molecular complexity index is 982. The Morgan fingerprint density at radius 2 is 1.93 bits per heavy atom. The first-order chi connectivity index (χ1) is 12.9. The molecule has 144 valence electrons. The van der Waals surface area contributed by atoms with Gasteiger partial charge >= 0.3 is 0 Å². The van der Waals surface area contributed by atoms with Crippen LogP contribution in [0.25, 0.3) is 5.69 Å². The van der Waals surface area contributed by atoms with Gasteiger partial charge in [0, 0.05) is 24.3 Å². The van der Waals surface area contributed by atoms with E-state index in [9.17, 15) is 17.6 Å². The van der Waals surface area contributed by atoms with E-state index in [0.29, 0.717) is 12.1 Å². The first-order valence-electron chi connectivity index (χ1n) is 9.20. The molecule has 0 saturated carbocycles. The molecule has 1 fully saturated rings. The quantitative estimate of drug-likeness (QED) is 0.804. The van der Waals surface area contributed by atoms with Crippen molar-refractivity contribution in [3.8, 4) is 5.69 Å². The third-order valence-electron chi connectivity index (χ3n) is 5.53.